The van der Waals surface area contributed by atoms with E-state index in [9.17, 15) is 4.79 Å². The second kappa shape index (κ2) is 5.41. The number of nitrogens with zero attached hydrogens (tertiary/aromatic N) is 1. The molecule has 0 N–H and O–H groups in total. The van der Waals surface area contributed by atoms with Crippen LogP contribution >= 0.6 is 0 Å². The van der Waals surface area contributed by atoms with Crippen LogP contribution in [0.2, 0.25) is 0 Å². The minimum Gasteiger partial charge on any atom is -0.318 e. The number of aryl methyl sites for hydroxylation is 1. The molecule has 0 bridgehead atoms. The summed E-state index contributed by atoms with van der Waals surface area (Å²) in [6, 6.07) is 20.7. The minimum atomic E-state index is 0.750. The maximum atomic E-state index is 11.0. The first-order valence-electron chi connectivity index (χ1n) is 7.00. The lowest BCUT2D eigenvalue weighted by Crippen LogP contribution is -1.99. The normalized spacial score (nSPS) is 10.6. The Labute approximate surface area is 124 Å². The van der Waals surface area contributed by atoms with Gasteiger partial charge in [0.2, 0.25) is 0 Å². The van der Waals surface area contributed by atoms with Gasteiger partial charge in [-0.05, 0) is 43.2 Å². The SMILES string of the molecule is Cc1cc(C=O)c(C)n1-c1ccc(-c2ccccc2)cc1. The Morgan fingerprint density at radius 2 is 1.48 bits per heavy atom. The maximum Gasteiger partial charge on any atom is 0.151 e. The fourth-order valence-electron chi connectivity index (χ4n) is 2.74. The molecule has 0 unspecified atom stereocenters. The Morgan fingerprint density at radius 1 is 0.857 bits per heavy atom. The van der Waals surface area contributed by atoms with Gasteiger partial charge >= 0.3 is 0 Å². The molecule has 0 spiro atoms. The first-order chi connectivity index (χ1) is 10.2. The number of carbonyl (C=O) groups is 1. The highest BCUT2D eigenvalue weighted by molar-refractivity contribution is 5.77. The molecular weight excluding hydrogens is 258 g/mol. The third kappa shape index (κ3) is 2.40. The smallest absolute Gasteiger partial charge is 0.151 e. The van der Waals surface area contributed by atoms with Crippen molar-refractivity contribution in [2.75, 3.05) is 0 Å². The van der Waals surface area contributed by atoms with Crippen LogP contribution in [-0.2, 0) is 0 Å². The van der Waals surface area contributed by atoms with Gasteiger partial charge in [0.25, 0.3) is 0 Å². The van der Waals surface area contributed by atoms with Crippen LogP contribution in [0.4, 0.5) is 0 Å². The van der Waals surface area contributed by atoms with Gasteiger partial charge in [-0.15, -0.1) is 0 Å². The molecule has 0 aliphatic rings. The molecule has 2 heteroatoms. The van der Waals surface area contributed by atoms with E-state index in [0.717, 1.165) is 28.9 Å². The standard InChI is InChI=1S/C19H17NO/c1-14-12-18(13-21)15(2)20(14)19-10-8-17(9-11-19)16-6-4-3-5-7-16/h3-13H,1-2H3. The van der Waals surface area contributed by atoms with Crippen LogP contribution in [0.25, 0.3) is 16.8 Å². The summed E-state index contributed by atoms with van der Waals surface area (Å²) in [5, 5.41) is 0. The predicted octanol–water partition coefficient (Wildman–Crippen LogP) is 4.57. The van der Waals surface area contributed by atoms with Gasteiger partial charge in [0, 0.05) is 22.6 Å². The summed E-state index contributed by atoms with van der Waals surface area (Å²) >= 11 is 0. The maximum absolute atomic E-state index is 11.0. The largest absolute Gasteiger partial charge is 0.318 e. The fraction of sp³-hybridized carbons (Fsp3) is 0.105. The second-order valence-electron chi connectivity index (χ2n) is 5.19. The molecule has 0 amide bonds. The lowest BCUT2D eigenvalue weighted by atomic mass is 10.1. The molecule has 0 radical (unpaired) electrons. The summed E-state index contributed by atoms with van der Waals surface area (Å²) < 4.78 is 2.11. The van der Waals surface area contributed by atoms with Crippen molar-refractivity contribution in [2.45, 2.75) is 13.8 Å². The predicted molar refractivity (Wildman–Crippen MR) is 86.1 cm³/mol. The molecule has 0 fully saturated rings. The molecule has 104 valence electrons. The average molecular weight is 275 g/mol. The average Bonchev–Trinajstić information content (AvgIpc) is 2.82. The monoisotopic (exact) mass is 275 g/mol. The molecule has 1 heterocycles. The zero-order valence-electron chi connectivity index (χ0n) is 12.2. The van der Waals surface area contributed by atoms with Crippen LogP contribution in [0, 0.1) is 13.8 Å². The Balaban J connectivity index is 2.02. The van der Waals surface area contributed by atoms with Crippen molar-refractivity contribution in [2.24, 2.45) is 0 Å². The summed E-state index contributed by atoms with van der Waals surface area (Å²) in [6.45, 7) is 3.99. The van der Waals surface area contributed by atoms with Gasteiger partial charge in [-0.3, -0.25) is 4.79 Å². The van der Waals surface area contributed by atoms with Crippen LogP contribution < -0.4 is 0 Å². The molecule has 3 aromatic rings. The third-order valence-corrected chi connectivity index (χ3v) is 3.83. The number of rotatable bonds is 3. The first-order valence-corrected chi connectivity index (χ1v) is 7.00. The van der Waals surface area contributed by atoms with Crippen molar-refractivity contribution in [1.29, 1.82) is 0 Å². The van der Waals surface area contributed by atoms with Crippen LogP contribution in [0.3, 0.4) is 0 Å². The molecule has 3 rings (SSSR count). The summed E-state index contributed by atoms with van der Waals surface area (Å²) in [5.41, 5.74) is 6.28. The molecular formula is C19H17NO. The van der Waals surface area contributed by atoms with E-state index in [1.54, 1.807) is 0 Å². The fourth-order valence-corrected chi connectivity index (χ4v) is 2.74. The van der Waals surface area contributed by atoms with Crippen molar-refractivity contribution in [3.63, 3.8) is 0 Å². The van der Waals surface area contributed by atoms with Gasteiger partial charge in [0.15, 0.2) is 6.29 Å². The zero-order chi connectivity index (χ0) is 14.8. The molecule has 2 nitrogen and oxygen atoms in total. The van der Waals surface area contributed by atoms with Crippen molar-refractivity contribution in [1.82, 2.24) is 4.57 Å². The van der Waals surface area contributed by atoms with Crippen LogP contribution in [0.5, 0.6) is 0 Å². The quantitative estimate of drug-likeness (QED) is 0.642. The van der Waals surface area contributed by atoms with E-state index in [1.165, 1.54) is 11.1 Å². The Hall–Kier alpha value is -2.61. The molecule has 0 saturated carbocycles. The summed E-state index contributed by atoms with van der Waals surface area (Å²) in [4.78, 5) is 11.0. The molecule has 21 heavy (non-hydrogen) atoms. The molecule has 0 aliphatic carbocycles. The highest BCUT2D eigenvalue weighted by Gasteiger charge is 2.09. The molecule has 1 aromatic heterocycles. The van der Waals surface area contributed by atoms with E-state index in [1.807, 2.05) is 38.1 Å². The molecule has 0 saturated heterocycles. The van der Waals surface area contributed by atoms with Gasteiger partial charge < -0.3 is 4.57 Å². The van der Waals surface area contributed by atoms with E-state index in [0.29, 0.717) is 0 Å². The van der Waals surface area contributed by atoms with E-state index in [-0.39, 0.29) is 0 Å². The number of aldehydes is 1. The van der Waals surface area contributed by atoms with E-state index < -0.39 is 0 Å². The van der Waals surface area contributed by atoms with Crippen molar-refractivity contribution in [3.8, 4) is 16.8 Å². The van der Waals surface area contributed by atoms with Gasteiger partial charge in [-0.1, -0.05) is 42.5 Å². The highest BCUT2D eigenvalue weighted by atomic mass is 16.1. The zero-order valence-corrected chi connectivity index (χ0v) is 12.2. The Bertz CT molecular complexity index is 767. The minimum absolute atomic E-state index is 0.750. The molecule has 0 atom stereocenters. The van der Waals surface area contributed by atoms with E-state index in [2.05, 4.69) is 41.0 Å². The van der Waals surface area contributed by atoms with Gasteiger partial charge in [-0.25, -0.2) is 0 Å². The van der Waals surface area contributed by atoms with Gasteiger partial charge in [0.1, 0.15) is 0 Å². The lowest BCUT2D eigenvalue weighted by molar-refractivity contribution is 0.112. The highest BCUT2D eigenvalue weighted by Crippen LogP contribution is 2.24. The summed E-state index contributed by atoms with van der Waals surface area (Å²) in [6.07, 6.45) is 0.914. The Kier molecular flexibility index (Phi) is 3.44. The second-order valence-corrected chi connectivity index (χ2v) is 5.19. The molecule has 2 aromatic carbocycles. The number of benzene rings is 2. The summed E-state index contributed by atoms with van der Waals surface area (Å²) in [5.74, 6) is 0. The van der Waals surface area contributed by atoms with Crippen LogP contribution in [0.1, 0.15) is 21.7 Å². The number of hydrogen-bond acceptors (Lipinski definition) is 1. The first kappa shape index (κ1) is 13.4. The number of carbonyl (C=O) groups excluding carboxylic acids is 1. The number of hydrogen-bond donors (Lipinski definition) is 0. The third-order valence-electron chi connectivity index (χ3n) is 3.83. The molecule has 0 aliphatic heterocycles. The van der Waals surface area contributed by atoms with Crippen LogP contribution in [-0.4, -0.2) is 10.9 Å². The van der Waals surface area contributed by atoms with Crippen molar-refractivity contribution in [3.05, 3.63) is 77.6 Å². The van der Waals surface area contributed by atoms with E-state index >= 15 is 0 Å². The summed E-state index contributed by atoms with van der Waals surface area (Å²) in [7, 11) is 0. The topological polar surface area (TPSA) is 22.0 Å². The Morgan fingerprint density at radius 3 is 2.05 bits per heavy atom. The van der Waals surface area contributed by atoms with Crippen LogP contribution in [0.15, 0.2) is 60.7 Å². The lowest BCUT2D eigenvalue weighted by Gasteiger charge is -2.10. The van der Waals surface area contributed by atoms with Crippen molar-refractivity contribution < 1.29 is 4.79 Å². The van der Waals surface area contributed by atoms with Gasteiger partial charge in [-0.2, -0.15) is 0 Å². The number of aromatic nitrogens is 1. The van der Waals surface area contributed by atoms with Crippen molar-refractivity contribution >= 4 is 6.29 Å². The van der Waals surface area contributed by atoms with E-state index in [4.69, 9.17) is 0 Å². The van der Waals surface area contributed by atoms with Gasteiger partial charge in [0.05, 0.1) is 0 Å².